The van der Waals surface area contributed by atoms with Crippen LogP contribution in [0.25, 0.3) is 0 Å². The highest BCUT2D eigenvalue weighted by molar-refractivity contribution is 5.77. The van der Waals surface area contributed by atoms with Gasteiger partial charge in [-0.25, -0.2) is 0 Å². The second-order valence-electron chi connectivity index (χ2n) is 4.77. The van der Waals surface area contributed by atoms with Crippen molar-refractivity contribution in [3.05, 3.63) is 0 Å². The number of rotatable bonds is 4. The summed E-state index contributed by atoms with van der Waals surface area (Å²) in [5, 5.41) is 3.38. The summed E-state index contributed by atoms with van der Waals surface area (Å²) in [7, 11) is 0. The molecule has 2 aliphatic heterocycles. The highest BCUT2D eigenvalue weighted by Crippen LogP contribution is 2.18. The Morgan fingerprint density at radius 3 is 2.94 bits per heavy atom. The van der Waals surface area contributed by atoms with Crippen LogP contribution in [-0.4, -0.2) is 50.2 Å². The summed E-state index contributed by atoms with van der Waals surface area (Å²) in [6, 6.07) is 0. The zero-order valence-electron chi connectivity index (χ0n) is 9.91. The predicted molar refractivity (Wildman–Crippen MR) is 62.2 cm³/mol. The van der Waals surface area contributed by atoms with E-state index in [0.717, 1.165) is 25.4 Å². The molecule has 0 bridgehead atoms. The molecule has 16 heavy (non-hydrogen) atoms. The summed E-state index contributed by atoms with van der Waals surface area (Å²) in [5.41, 5.74) is 0. The van der Waals surface area contributed by atoms with E-state index in [1.807, 2.05) is 4.90 Å². The van der Waals surface area contributed by atoms with Gasteiger partial charge >= 0.3 is 0 Å². The average Bonchev–Trinajstić information content (AvgIpc) is 2.33. The number of amides is 1. The Kier molecular flexibility index (Phi) is 4.60. The van der Waals surface area contributed by atoms with E-state index in [1.54, 1.807) is 0 Å². The zero-order valence-corrected chi connectivity index (χ0v) is 9.91. The predicted octanol–water partition coefficient (Wildman–Crippen LogP) is 0.625. The maximum absolute atomic E-state index is 11.5. The van der Waals surface area contributed by atoms with Crippen LogP contribution < -0.4 is 5.32 Å². The normalized spacial score (nSPS) is 23.8. The van der Waals surface area contributed by atoms with Crippen molar-refractivity contribution in [3.8, 4) is 0 Å². The van der Waals surface area contributed by atoms with Crippen LogP contribution in [0.4, 0.5) is 0 Å². The van der Waals surface area contributed by atoms with Gasteiger partial charge in [0.05, 0.1) is 6.61 Å². The molecule has 0 aromatic carbocycles. The number of hydrogen-bond acceptors (Lipinski definition) is 3. The molecule has 0 radical (unpaired) electrons. The molecule has 2 aliphatic rings. The van der Waals surface area contributed by atoms with Gasteiger partial charge in [0.2, 0.25) is 5.91 Å². The molecule has 0 aromatic heterocycles. The van der Waals surface area contributed by atoms with Crippen LogP contribution >= 0.6 is 0 Å². The van der Waals surface area contributed by atoms with Gasteiger partial charge < -0.3 is 15.0 Å². The summed E-state index contributed by atoms with van der Waals surface area (Å²) in [5.74, 6) is 1.04. The molecule has 0 aliphatic carbocycles. The van der Waals surface area contributed by atoms with Crippen LogP contribution in [0.1, 0.15) is 25.7 Å². The molecule has 2 rings (SSSR count). The lowest BCUT2D eigenvalue weighted by atomic mass is 9.93. The van der Waals surface area contributed by atoms with Crippen LogP contribution in [0.3, 0.4) is 0 Å². The third-order valence-corrected chi connectivity index (χ3v) is 3.58. The molecular weight excluding hydrogens is 204 g/mol. The maximum Gasteiger partial charge on any atom is 0.248 e. The van der Waals surface area contributed by atoms with Gasteiger partial charge in [0.1, 0.15) is 6.61 Å². The molecule has 0 unspecified atom stereocenters. The Morgan fingerprint density at radius 2 is 2.19 bits per heavy atom. The fourth-order valence-electron chi connectivity index (χ4n) is 2.53. The number of ether oxygens (including phenoxy) is 1. The number of nitrogens with zero attached hydrogens (tertiary/aromatic N) is 1. The monoisotopic (exact) mass is 226 g/mol. The van der Waals surface area contributed by atoms with Gasteiger partial charge in [0, 0.05) is 13.1 Å². The average molecular weight is 226 g/mol. The van der Waals surface area contributed by atoms with Gasteiger partial charge in [-0.05, 0) is 44.7 Å². The molecule has 1 N–H and O–H groups in total. The van der Waals surface area contributed by atoms with Crippen molar-refractivity contribution in [1.82, 2.24) is 10.2 Å². The lowest BCUT2D eigenvalue weighted by Crippen LogP contribution is -2.42. The van der Waals surface area contributed by atoms with Crippen molar-refractivity contribution in [1.29, 1.82) is 0 Å². The lowest BCUT2D eigenvalue weighted by molar-refractivity contribution is -0.142. The number of hydrogen-bond donors (Lipinski definition) is 1. The van der Waals surface area contributed by atoms with E-state index < -0.39 is 0 Å². The van der Waals surface area contributed by atoms with E-state index in [2.05, 4.69) is 5.32 Å². The van der Waals surface area contributed by atoms with Crippen molar-refractivity contribution in [2.75, 3.05) is 39.4 Å². The molecule has 0 atom stereocenters. The maximum atomic E-state index is 11.5. The van der Waals surface area contributed by atoms with Gasteiger partial charge in [-0.1, -0.05) is 0 Å². The first kappa shape index (κ1) is 11.9. The van der Waals surface area contributed by atoms with E-state index in [1.165, 1.54) is 32.4 Å². The Labute approximate surface area is 97.3 Å². The first-order valence-corrected chi connectivity index (χ1v) is 6.42. The molecule has 92 valence electrons. The largest absolute Gasteiger partial charge is 0.370 e. The van der Waals surface area contributed by atoms with Crippen molar-refractivity contribution in [3.63, 3.8) is 0 Å². The van der Waals surface area contributed by atoms with Gasteiger partial charge in [-0.2, -0.15) is 0 Å². The molecule has 4 heteroatoms. The van der Waals surface area contributed by atoms with Crippen molar-refractivity contribution < 1.29 is 9.53 Å². The number of piperidine rings is 1. The minimum atomic E-state index is 0.163. The molecule has 2 fully saturated rings. The smallest absolute Gasteiger partial charge is 0.248 e. The second kappa shape index (κ2) is 6.21. The Hall–Kier alpha value is -0.610. The molecular formula is C12H22N2O2. The summed E-state index contributed by atoms with van der Waals surface area (Å²) in [6.07, 6.45) is 5.02. The molecule has 4 nitrogen and oxygen atoms in total. The number of morpholine rings is 1. The Bertz CT molecular complexity index is 227. The topological polar surface area (TPSA) is 41.6 Å². The quantitative estimate of drug-likeness (QED) is 0.764. The first-order chi connectivity index (χ1) is 7.86. The summed E-state index contributed by atoms with van der Waals surface area (Å²) < 4.78 is 5.11. The Morgan fingerprint density at radius 1 is 1.38 bits per heavy atom. The zero-order chi connectivity index (χ0) is 11.2. The van der Waals surface area contributed by atoms with Crippen LogP contribution in [-0.2, 0) is 9.53 Å². The minimum absolute atomic E-state index is 0.163. The van der Waals surface area contributed by atoms with E-state index in [4.69, 9.17) is 4.74 Å². The van der Waals surface area contributed by atoms with Gasteiger partial charge in [-0.3, -0.25) is 4.79 Å². The number of nitrogens with one attached hydrogen (secondary N) is 1. The molecule has 2 saturated heterocycles. The van der Waals surface area contributed by atoms with Crippen molar-refractivity contribution in [2.45, 2.75) is 25.7 Å². The van der Waals surface area contributed by atoms with Gasteiger partial charge in [-0.15, -0.1) is 0 Å². The first-order valence-electron chi connectivity index (χ1n) is 6.42. The third kappa shape index (κ3) is 3.46. The lowest BCUT2D eigenvalue weighted by Gasteiger charge is -2.28. The fourth-order valence-corrected chi connectivity index (χ4v) is 2.53. The van der Waals surface area contributed by atoms with Crippen molar-refractivity contribution >= 4 is 5.91 Å². The summed E-state index contributed by atoms with van der Waals surface area (Å²) >= 11 is 0. The number of carbonyl (C=O) groups excluding carboxylic acids is 1. The second-order valence-corrected chi connectivity index (χ2v) is 4.77. The minimum Gasteiger partial charge on any atom is -0.370 e. The Balaban J connectivity index is 1.61. The van der Waals surface area contributed by atoms with Gasteiger partial charge in [0.25, 0.3) is 0 Å². The fraction of sp³-hybridized carbons (Fsp3) is 0.917. The summed E-state index contributed by atoms with van der Waals surface area (Å²) in [6.45, 7) is 5.03. The highest BCUT2D eigenvalue weighted by atomic mass is 16.5. The van der Waals surface area contributed by atoms with E-state index >= 15 is 0 Å². The van der Waals surface area contributed by atoms with E-state index in [9.17, 15) is 4.79 Å². The molecule has 0 spiro atoms. The number of carbonyl (C=O) groups is 1. The molecule has 0 aromatic rings. The standard InChI is InChI=1S/C12H22N2O2/c15-12-10-16-9-8-14(12)7-1-2-11-3-5-13-6-4-11/h11,13H,1-10H2. The molecule has 1 amide bonds. The highest BCUT2D eigenvalue weighted by Gasteiger charge is 2.19. The third-order valence-electron chi connectivity index (χ3n) is 3.58. The molecule has 0 saturated carbocycles. The van der Waals surface area contributed by atoms with Crippen LogP contribution in [0.5, 0.6) is 0 Å². The van der Waals surface area contributed by atoms with Crippen LogP contribution in [0, 0.1) is 5.92 Å². The van der Waals surface area contributed by atoms with Gasteiger partial charge in [0.15, 0.2) is 0 Å². The van der Waals surface area contributed by atoms with E-state index in [-0.39, 0.29) is 12.5 Å². The van der Waals surface area contributed by atoms with Crippen LogP contribution in [0.15, 0.2) is 0 Å². The van der Waals surface area contributed by atoms with Crippen LogP contribution in [0.2, 0.25) is 0 Å². The summed E-state index contributed by atoms with van der Waals surface area (Å²) in [4.78, 5) is 13.4. The van der Waals surface area contributed by atoms with Crippen molar-refractivity contribution in [2.24, 2.45) is 5.92 Å². The SMILES string of the molecule is O=C1COCCN1CCCC1CCNCC1. The molecule has 2 heterocycles. The van der Waals surface area contributed by atoms with E-state index in [0.29, 0.717) is 6.61 Å².